The molecule has 3 aromatic carbocycles. The first kappa shape index (κ1) is 33.1. The number of carbonyl (C=O) groups is 1. The number of urea groups is 1. The summed E-state index contributed by atoms with van der Waals surface area (Å²) in [6.45, 7) is 8.19. The minimum atomic E-state index is -4.30. The third kappa shape index (κ3) is 7.59. The second-order valence-corrected chi connectivity index (χ2v) is 13.2. The molecule has 240 valence electrons. The number of benzene rings is 3. The Bertz CT molecular complexity index is 1530. The molecule has 2 aliphatic rings. The van der Waals surface area contributed by atoms with Crippen molar-refractivity contribution in [1.82, 2.24) is 14.7 Å². The highest BCUT2D eigenvalue weighted by Gasteiger charge is 2.45. The summed E-state index contributed by atoms with van der Waals surface area (Å²) in [6, 6.07) is 19.2. The minimum absolute atomic E-state index is 0.113. The normalized spacial score (nSPS) is 19.5. The maximum Gasteiger partial charge on any atom is 0.401 e. The average molecular weight is 662 g/mol. The lowest BCUT2D eigenvalue weighted by Crippen LogP contribution is -2.55. The second-order valence-electron chi connectivity index (χ2n) is 12.4. The molecular weight excluding hydrogens is 624 g/mol. The molecule has 45 heavy (non-hydrogen) atoms. The molecule has 0 N–H and O–H groups in total. The zero-order valence-corrected chi connectivity index (χ0v) is 27.3. The molecule has 0 unspecified atom stereocenters. The number of ether oxygens (including phenoxy) is 1. The van der Waals surface area contributed by atoms with E-state index in [1.54, 1.807) is 34.1 Å². The summed E-state index contributed by atoms with van der Waals surface area (Å²) in [7, 11) is 0. The Morgan fingerprint density at radius 1 is 0.889 bits per heavy atom. The number of aliphatic imine (C=N–C) groups is 1. The summed E-state index contributed by atoms with van der Waals surface area (Å²) in [5.74, 6) is 1.03. The molecule has 5 rings (SSSR count). The molecule has 0 spiro atoms. The summed E-state index contributed by atoms with van der Waals surface area (Å²) in [6.07, 6.45) is -4.30. The van der Waals surface area contributed by atoms with Crippen LogP contribution in [-0.2, 0) is 5.41 Å². The SMILES string of the molecule is CCOc1cc(C(C)(C)C)ccc1C1=N[C@@H](c2ccc(Cl)cc2)[C@@H](c2ccc(Cl)cc2)N1C(=O)N1CCN(CC(F)(F)F)CC1. The Balaban J connectivity index is 1.63. The van der Waals surface area contributed by atoms with Gasteiger partial charge in [0.2, 0.25) is 0 Å². The predicted octanol–water partition coefficient (Wildman–Crippen LogP) is 8.53. The third-order valence-corrected chi connectivity index (χ3v) is 8.63. The standard InChI is InChI=1S/C34H37Cl2F3N4O2/c1-5-45-28-20-24(33(2,3)4)10-15-27(28)31-40-29(22-6-11-25(35)12-7-22)30(23-8-13-26(36)14-9-23)43(31)32(44)42-18-16-41(17-19-42)21-34(37,38)39/h6-15,20,29-30H,5,16-19,21H2,1-4H3/t29-,30+/m0/s1. The molecular formula is C34H37Cl2F3N4O2. The number of carbonyl (C=O) groups excluding carboxylic acids is 1. The molecule has 6 nitrogen and oxygen atoms in total. The molecule has 11 heteroatoms. The van der Waals surface area contributed by atoms with E-state index in [0.717, 1.165) is 16.7 Å². The molecule has 2 aliphatic heterocycles. The maximum atomic E-state index is 14.6. The van der Waals surface area contributed by atoms with Crippen LogP contribution in [-0.4, -0.2) is 72.1 Å². The third-order valence-electron chi connectivity index (χ3n) is 8.13. The fraction of sp³-hybridized carbons (Fsp3) is 0.412. The van der Waals surface area contributed by atoms with E-state index >= 15 is 0 Å². The van der Waals surface area contributed by atoms with Gasteiger partial charge in [-0.1, -0.05) is 74.3 Å². The minimum Gasteiger partial charge on any atom is -0.493 e. The quantitative estimate of drug-likeness (QED) is 0.266. The number of amides is 2. The maximum absolute atomic E-state index is 14.6. The van der Waals surface area contributed by atoms with Crippen molar-refractivity contribution in [2.75, 3.05) is 39.3 Å². The smallest absolute Gasteiger partial charge is 0.401 e. The number of halogens is 5. The van der Waals surface area contributed by atoms with Gasteiger partial charge in [0.15, 0.2) is 0 Å². The van der Waals surface area contributed by atoms with E-state index in [1.807, 2.05) is 49.4 Å². The number of nitrogens with zero attached hydrogens (tertiary/aromatic N) is 4. The van der Waals surface area contributed by atoms with Crippen LogP contribution in [0.15, 0.2) is 71.7 Å². The van der Waals surface area contributed by atoms with Crippen molar-refractivity contribution in [2.24, 2.45) is 4.99 Å². The molecule has 1 fully saturated rings. The van der Waals surface area contributed by atoms with Crippen LogP contribution in [0.1, 0.15) is 62.0 Å². The Morgan fingerprint density at radius 3 is 2.00 bits per heavy atom. The number of amidine groups is 1. The second kappa shape index (κ2) is 13.2. The van der Waals surface area contributed by atoms with Gasteiger partial charge in [0, 0.05) is 36.2 Å². The molecule has 0 radical (unpaired) electrons. The van der Waals surface area contributed by atoms with E-state index in [9.17, 15) is 18.0 Å². The molecule has 2 atom stereocenters. The highest BCUT2D eigenvalue weighted by atomic mass is 35.5. The zero-order valence-electron chi connectivity index (χ0n) is 25.7. The fourth-order valence-electron chi connectivity index (χ4n) is 5.81. The molecule has 1 saturated heterocycles. The van der Waals surface area contributed by atoms with Gasteiger partial charge in [-0.2, -0.15) is 13.2 Å². The predicted molar refractivity (Wildman–Crippen MR) is 173 cm³/mol. The van der Waals surface area contributed by atoms with Crippen LogP contribution in [0.3, 0.4) is 0 Å². The van der Waals surface area contributed by atoms with Crippen LogP contribution < -0.4 is 4.74 Å². The van der Waals surface area contributed by atoms with Crippen molar-refractivity contribution in [1.29, 1.82) is 0 Å². The van der Waals surface area contributed by atoms with Gasteiger partial charge in [0.1, 0.15) is 17.6 Å². The van der Waals surface area contributed by atoms with Crippen LogP contribution in [0.2, 0.25) is 10.0 Å². The monoisotopic (exact) mass is 660 g/mol. The zero-order chi connectivity index (χ0) is 32.5. The van der Waals surface area contributed by atoms with Gasteiger partial charge in [-0.05, 0) is 65.4 Å². The Hall–Kier alpha value is -3.27. The fourth-order valence-corrected chi connectivity index (χ4v) is 6.06. The number of alkyl halides is 3. The van der Waals surface area contributed by atoms with Crippen LogP contribution >= 0.6 is 23.2 Å². The van der Waals surface area contributed by atoms with Gasteiger partial charge in [0.05, 0.1) is 24.8 Å². The van der Waals surface area contributed by atoms with Crippen molar-refractivity contribution in [2.45, 2.75) is 51.4 Å². The van der Waals surface area contributed by atoms with Gasteiger partial charge >= 0.3 is 12.2 Å². The van der Waals surface area contributed by atoms with E-state index in [2.05, 4.69) is 20.8 Å². The Morgan fingerprint density at radius 2 is 1.47 bits per heavy atom. The highest BCUT2D eigenvalue weighted by Crippen LogP contribution is 2.46. The lowest BCUT2D eigenvalue weighted by Gasteiger charge is -2.39. The van der Waals surface area contributed by atoms with Gasteiger partial charge < -0.3 is 9.64 Å². The lowest BCUT2D eigenvalue weighted by molar-refractivity contribution is -0.148. The molecule has 0 bridgehead atoms. The highest BCUT2D eigenvalue weighted by molar-refractivity contribution is 6.30. The number of hydrogen-bond donors (Lipinski definition) is 0. The van der Waals surface area contributed by atoms with Gasteiger partial charge in [0.25, 0.3) is 0 Å². The van der Waals surface area contributed by atoms with Crippen molar-refractivity contribution in [3.05, 3.63) is 99.0 Å². The van der Waals surface area contributed by atoms with E-state index in [4.69, 9.17) is 32.9 Å². The first-order chi connectivity index (χ1) is 21.2. The largest absolute Gasteiger partial charge is 0.493 e. The summed E-state index contributed by atoms with van der Waals surface area (Å²) >= 11 is 12.5. The van der Waals surface area contributed by atoms with Crippen LogP contribution in [0, 0.1) is 0 Å². The van der Waals surface area contributed by atoms with Crippen LogP contribution in [0.4, 0.5) is 18.0 Å². The van der Waals surface area contributed by atoms with E-state index in [1.165, 1.54) is 4.90 Å². The Labute approximate surface area is 272 Å². The first-order valence-electron chi connectivity index (χ1n) is 15.0. The topological polar surface area (TPSA) is 48.4 Å². The van der Waals surface area contributed by atoms with E-state index in [0.29, 0.717) is 33.8 Å². The average Bonchev–Trinajstić information content (AvgIpc) is 3.37. The van der Waals surface area contributed by atoms with Crippen LogP contribution in [0.25, 0.3) is 0 Å². The van der Waals surface area contributed by atoms with E-state index in [-0.39, 0.29) is 37.6 Å². The van der Waals surface area contributed by atoms with Crippen molar-refractivity contribution >= 4 is 35.1 Å². The summed E-state index contributed by atoms with van der Waals surface area (Å²) in [5.41, 5.74) is 3.24. The number of piperazine rings is 1. The summed E-state index contributed by atoms with van der Waals surface area (Å²) < 4.78 is 45.5. The Kier molecular flexibility index (Phi) is 9.73. The van der Waals surface area contributed by atoms with Gasteiger partial charge in [-0.3, -0.25) is 14.8 Å². The molecule has 2 heterocycles. The first-order valence-corrected chi connectivity index (χ1v) is 15.7. The molecule has 0 aliphatic carbocycles. The van der Waals surface area contributed by atoms with Gasteiger partial charge in [-0.25, -0.2) is 4.79 Å². The van der Waals surface area contributed by atoms with Crippen molar-refractivity contribution < 1.29 is 22.7 Å². The number of rotatable bonds is 6. The molecule has 3 aromatic rings. The summed E-state index contributed by atoms with van der Waals surface area (Å²) in [4.78, 5) is 24.4. The molecule has 0 saturated carbocycles. The molecule has 2 amide bonds. The van der Waals surface area contributed by atoms with Crippen molar-refractivity contribution in [3.63, 3.8) is 0 Å². The van der Waals surface area contributed by atoms with E-state index < -0.39 is 24.8 Å². The lowest BCUT2D eigenvalue weighted by atomic mass is 9.86. The molecule has 0 aromatic heterocycles. The van der Waals surface area contributed by atoms with Gasteiger partial charge in [-0.15, -0.1) is 0 Å². The van der Waals surface area contributed by atoms with Crippen LogP contribution in [0.5, 0.6) is 5.75 Å². The van der Waals surface area contributed by atoms with Crippen molar-refractivity contribution in [3.8, 4) is 5.75 Å². The summed E-state index contributed by atoms with van der Waals surface area (Å²) in [5, 5.41) is 1.13. The number of hydrogen-bond acceptors (Lipinski definition) is 4.